The van der Waals surface area contributed by atoms with E-state index in [2.05, 4.69) is 19.3 Å². The molecule has 1 unspecified atom stereocenters. The maximum absolute atomic E-state index is 13.3. The highest BCUT2D eigenvalue weighted by Gasteiger charge is 2.09. The standard InChI is InChI=1S/C12H18FNO/c1-9(2)8-15-14-10(3)11-6-4-5-7-12(11)13/h4-7,9-10,14H,8H2,1-3H3. The first-order valence-corrected chi connectivity index (χ1v) is 5.23. The van der Waals surface area contributed by atoms with Gasteiger partial charge >= 0.3 is 0 Å². The van der Waals surface area contributed by atoms with E-state index in [9.17, 15) is 4.39 Å². The molecular formula is C12H18FNO. The van der Waals surface area contributed by atoms with Gasteiger partial charge in [0.05, 0.1) is 12.6 Å². The van der Waals surface area contributed by atoms with E-state index in [0.29, 0.717) is 18.1 Å². The molecule has 0 aromatic heterocycles. The van der Waals surface area contributed by atoms with Crippen LogP contribution in [0.3, 0.4) is 0 Å². The van der Waals surface area contributed by atoms with Gasteiger partial charge in [-0.3, -0.25) is 0 Å². The Hall–Kier alpha value is -0.930. The van der Waals surface area contributed by atoms with Gasteiger partial charge in [0, 0.05) is 5.56 Å². The van der Waals surface area contributed by atoms with Crippen LogP contribution in [-0.4, -0.2) is 6.61 Å². The zero-order valence-corrected chi connectivity index (χ0v) is 9.46. The molecule has 0 spiro atoms. The molecule has 1 aromatic carbocycles. The molecule has 0 heterocycles. The number of hydrogen-bond acceptors (Lipinski definition) is 2. The van der Waals surface area contributed by atoms with Gasteiger partial charge in [-0.05, 0) is 18.9 Å². The minimum atomic E-state index is -0.203. The van der Waals surface area contributed by atoms with E-state index < -0.39 is 0 Å². The SMILES string of the molecule is CC(C)CONC(C)c1ccccc1F. The molecule has 0 aliphatic rings. The summed E-state index contributed by atoms with van der Waals surface area (Å²) in [6.45, 7) is 6.63. The summed E-state index contributed by atoms with van der Waals surface area (Å²) in [5, 5.41) is 0. The molecule has 1 N–H and O–H groups in total. The van der Waals surface area contributed by atoms with Gasteiger partial charge in [0.15, 0.2) is 0 Å². The summed E-state index contributed by atoms with van der Waals surface area (Å²) in [5.41, 5.74) is 3.46. The van der Waals surface area contributed by atoms with Gasteiger partial charge in [-0.1, -0.05) is 32.0 Å². The second-order valence-corrected chi connectivity index (χ2v) is 4.07. The van der Waals surface area contributed by atoms with Crippen molar-refractivity contribution >= 4 is 0 Å². The zero-order valence-electron chi connectivity index (χ0n) is 9.46. The van der Waals surface area contributed by atoms with Gasteiger partial charge < -0.3 is 4.84 Å². The average molecular weight is 211 g/mol. The molecule has 1 rings (SSSR count). The zero-order chi connectivity index (χ0) is 11.3. The number of hydrogen-bond donors (Lipinski definition) is 1. The van der Waals surface area contributed by atoms with Gasteiger partial charge in [0.2, 0.25) is 0 Å². The van der Waals surface area contributed by atoms with Crippen molar-refractivity contribution in [3.05, 3.63) is 35.6 Å². The predicted octanol–water partition coefficient (Wildman–Crippen LogP) is 3.06. The quantitative estimate of drug-likeness (QED) is 0.756. The summed E-state index contributed by atoms with van der Waals surface area (Å²) in [7, 11) is 0. The van der Waals surface area contributed by atoms with Crippen LogP contribution in [0.4, 0.5) is 4.39 Å². The predicted molar refractivity (Wildman–Crippen MR) is 58.7 cm³/mol. The second kappa shape index (κ2) is 5.83. The highest BCUT2D eigenvalue weighted by molar-refractivity contribution is 5.20. The third kappa shape index (κ3) is 3.98. The molecule has 0 fully saturated rings. The van der Waals surface area contributed by atoms with Gasteiger partial charge in [-0.15, -0.1) is 0 Å². The molecule has 0 bridgehead atoms. The molecule has 1 aromatic rings. The molecule has 0 aliphatic carbocycles. The monoisotopic (exact) mass is 211 g/mol. The molecule has 0 radical (unpaired) electrons. The van der Waals surface area contributed by atoms with Crippen molar-refractivity contribution in [1.29, 1.82) is 0 Å². The van der Waals surface area contributed by atoms with E-state index in [4.69, 9.17) is 4.84 Å². The van der Waals surface area contributed by atoms with Crippen molar-refractivity contribution in [2.24, 2.45) is 5.92 Å². The normalized spacial score (nSPS) is 13.1. The van der Waals surface area contributed by atoms with Crippen LogP contribution in [0.15, 0.2) is 24.3 Å². The van der Waals surface area contributed by atoms with Crippen molar-refractivity contribution in [2.75, 3.05) is 6.61 Å². The summed E-state index contributed by atoms with van der Waals surface area (Å²) in [5.74, 6) is 0.260. The Kier molecular flexibility index (Phi) is 4.72. The van der Waals surface area contributed by atoms with Crippen molar-refractivity contribution < 1.29 is 9.23 Å². The van der Waals surface area contributed by atoms with Gasteiger partial charge in [-0.2, -0.15) is 5.48 Å². The van der Waals surface area contributed by atoms with E-state index in [0.717, 1.165) is 0 Å². The molecule has 3 heteroatoms. The molecule has 84 valence electrons. The van der Waals surface area contributed by atoms with Crippen LogP contribution in [0, 0.1) is 11.7 Å². The lowest BCUT2D eigenvalue weighted by Crippen LogP contribution is -2.22. The molecule has 0 saturated heterocycles. The largest absolute Gasteiger partial charge is 0.301 e. The second-order valence-electron chi connectivity index (χ2n) is 4.07. The highest BCUT2D eigenvalue weighted by Crippen LogP contribution is 2.15. The summed E-state index contributed by atoms with van der Waals surface area (Å²) in [6, 6.07) is 6.58. The number of halogens is 1. The van der Waals surface area contributed by atoms with Gasteiger partial charge in [0.25, 0.3) is 0 Å². The Labute approximate surface area is 90.4 Å². The summed E-state index contributed by atoms with van der Waals surface area (Å²) in [4.78, 5) is 5.25. The van der Waals surface area contributed by atoms with E-state index >= 15 is 0 Å². The van der Waals surface area contributed by atoms with E-state index in [1.165, 1.54) is 6.07 Å². The topological polar surface area (TPSA) is 21.3 Å². The molecule has 2 nitrogen and oxygen atoms in total. The average Bonchev–Trinajstić information content (AvgIpc) is 2.17. The fourth-order valence-electron chi connectivity index (χ4n) is 1.23. The molecule has 0 amide bonds. The fraction of sp³-hybridized carbons (Fsp3) is 0.500. The number of rotatable bonds is 5. The number of hydroxylamine groups is 1. The Morgan fingerprint density at radius 2 is 1.93 bits per heavy atom. The lowest BCUT2D eigenvalue weighted by atomic mass is 10.1. The third-order valence-corrected chi connectivity index (χ3v) is 2.05. The summed E-state index contributed by atoms with van der Waals surface area (Å²) >= 11 is 0. The minimum absolute atomic E-state index is 0.134. The minimum Gasteiger partial charge on any atom is -0.301 e. The van der Waals surface area contributed by atoms with Crippen LogP contribution in [0.5, 0.6) is 0 Å². The Morgan fingerprint density at radius 3 is 2.53 bits per heavy atom. The van der Waals surface area contributed by atoms with Crippen LogP contribution >= 0.6 is 0 Å². The van der Waals surface area contributed by atoms with Crippen LogP contribution in [0.2, 0.25) is 0 Å². The van der Waals surface area contributed by atoms with Crippen LogP contribution in [0.25, 0.3) is 0 Å². The molecule has 1 atom stereocenters. The van der Waals surface area contributed by atoms with Crippen LogP contribution in [-0.2, 0) is 4.84 Å². The van der Waals surface area contributed by atoms with Gasteiger partial charge in [0.1, 0.15) is 5.82 Å². The van der Waals surface area contributed by atoms with Crippen molar-refractivity contribution in [3.8, 4) is 0 Å². The highest BCUT2D eigenvalue weighted by atomic mass is 19.1. The van der Waals surface area contributed by atoms with E-state index in [-0.39, 0.29) is 11.9 Å². The Morgan fingerprint density at radius 1 is 1.27 bits per heavy atom. The molecule has 0 aliphatic heterocycles. The lowest BCUT2D eigenvalue weighted by Gasteiger charge is -2.15. The first-order valence-electron chi connectivity index (χ1n) is 5.23. The first kappa shape index (κ1) is 12.1. The first-order chi connectivity index (χ1) is 7.11. The van der Waals surface area contributed by atoms with Crippen molar-refractivity contribution in [2.45, 2.75) is 26.8 Å². The van der Waals surface area contributed by atoms with E-state index in [1.807, 2.05) is 13.0 Å². The molecule has 15 heavy (non-hydrogen) atoms. The molecular weight excluding hydrogens is 193 g/mol. The Bertz CT molecular complexity index is 301. The fourth-order valence-corrected chi connectivity index (χ4v) is 1.23. The van der Waals surface area contributed by atoms with E-state index in [1.54, 1.807) is 12.1 Å². The Balaban J connectivity index is 2.47. The van der Waals surface area contributed by atoms with Crippen molar-refractivity contribution in [1.82, 2.24) is 5.48 Å². The smallest absolute Gasteiger partial charge is 0.128 e. The maximum Gasteiger partial charge on any atom is 0.128 e. The summed E-state index contributed by atoms with van der Waals surface area (Å²) < 4.78 is 13.3. The van der Waals surface area contributed by atoms with Crippen LogP contribution < -0.4 is 5.48 Å². The summed E-state index contributed by atoms with van der Waals surface area (Å²) in [6.07, 6.45) is 0. The van der Waals surface area contributed by atoms with Gasteiger partial charge in [-0.25, -0.2) is 4.39 Å². The molecule has 0 saturated carbocycles. The number of benzene rings is 1. The third-order valence-electron chi connectivity index (χ3n) is 2.05. The van der Waals surface area contributed by atoms with Crippen LogP contribution in [0.1, 0.15) is 32.4 Å². The maximum atomic E-state index is 13.3. The lowest BCUT2D eigenvalue weighted by molar-refractivity contribution is 0.00344. The number of nitrogens with one attached hydrogen (secondary N) is 1. The van der Waals surface area contributed by atoms with Crippen molar-refractivity contribution in [3.63, 3.8) is 0 Å².